The van der Waals surface area contributed by atoms with E-state index in [0.717, 1.165) is 37.5 Å². The molecule has 2 aromatic rings. The lowest BCUT2D eigenvalue weighted by Gasteiger charge is -2.39. The van der Waals surface area contributed by atoms with Gasteiger partial charge in [-0.05, 0) is 67.3 Å². The van der Waals surface area contributed by atoms with E-state index in [1.54, 1.807) is 6.07 Å². The second kappa shape index (κ2) is 8.98. The van der Waals surface area contributed by atoms with Gasteiger partial charge in [-0.2, -0.15) is 0 Å². The lowest BCUT2D eigenvalue weighted by Crippen LogP contribution is -2.39. The van der Waals surface area contributed by atoms with E-state index in [1.807, 2.05) is 30.3 Å². The summed E-state index contributed by atoms with van der Waals surface area (Å²) in [5.74, 6) is 1.17. The molecule has 1 unspecified atom stereocenters. The number of hydrogen-bond acceptors (Lipinski definition) is 3. The highest BCUT2D eigenvalue weighted by atomic mass is 19.1. The Kier molecular flexibility index (Phi) is 6.68. The lowest BCUT2D eigenvalue weighted by molar-refractivity contribution is 0.147. The van der Waals surface area contributed by atoms with Gasteiger partial charge in [0.15, 0.2) is 0 Å². The van der Waals surface area contributed by atoms with E-state index in [9.17, 15) is 4.39 Å². The number of aryl methyl sites for hydroxylation is 1. The van der Waals surface area contributed by atoms with E-state index in [-0.39, 0.29) is 11.9 Å². The summed E-state index contributed by atoms with van der Waals surface area (Å²) in [7, 11) is -1.19. The van der Waals surface area contributed by atoms with E-state index < -0.39 is 7.12 Å². The molecule has 0 radical (unpaired) electrons. The molecule has 4 N–H and O–H groups in total. The standard InChI is InChI=1S/C21H29BFNO2/c23-20-11-10-16(18-5-1-2-6-19(18)20)9-8-15-13-17(14-15)21(24)7-3-4-12-22(25)26/h1-2,5-6,10-11,15,17,21,25-26H,3-4,7-9,12-14,24H2. The summed E-state index contributed by atoms with van der Waals surface area (Å²) < 4.78 is 13.9. The van der Waals surface area contributed by atoms with E-state index in [2.05, 4.69) is 0 Å². The predicted molar refractivity (Wildman–Crippen MR) is 105 cm³/mol. The van der Waals surface area contributed by atoms with E-state index in [4.69, 9.17) is 15.8 Å². The fourth-order valence-corrected chi connectivity index (χ4v) is 4.22. The Labute approximate surface area is 155 Å². The van der Waals surface area contributed by atoms with Crippen LogP contribution in [0.3, 0.4) is 0 Å². The third kappa shape index (κ3) is 4.84. The van der Waals surface area contributed by atoms with Crippen molar-refractivity contribution < 1.29 is 14.4 Å². The van der Waals surface area contributed by atoms with Crippen molar-refractivity contribution in [3.8, 4) is 0 Å². The Morgan fingerprint density at radius 2 is 1.81 bits per heavy atom. The van der Waals surface area contributed by atoms with Crippen molar-refractivity contribution in [2.75, 3.05) is 0 Å². The molecule has 1 aliphatic rings. The van der Waals surface area contributed by atoms with Crippen LogP contribution in [-0.2, 0) is 6.42 Å². The van der Waals surface area contributed by atoms with Crippen LogP contribution in [0, 0.1) is 17.7 Å². The third-order valence-corrected chi connectivity index (χ3v) is 5.91. The largest absolute Gasteiger partial charge is 0.451 e. The molecule has 1 fully saturated rings. The lowest BCUT2D eigenvalue weighted by atomic mass is 9.68. The molecule has 1 aliphatic carbocycles. The fourth-order valence-electron chi connectivity index (χ4n) is 4.22. The summed E-state index contributed by atoms with van der Waals surface area (Å²) in [5, 5.41) is 19.5. The average molecular weight is 357 g/mol. The van der Waals surface area contributed by atoms with Crippen molar-refractivity contribution in [1.29, 1.82) is 0 Å². The molecule has 3 nitrogen and oxygen atoms in total. The van der Waals surface area contributed by atoms with Crippen LogP contribution < -0.4 is 5.73 Å². The number of hydrogen-bond donors (Lipinski definition) is 3. The molecule has 0 bridgehead atoms. The summed E-state index contributed by atoms with van der Waals surface area (Å²) in [6.07, 6.45) is 7.67. The van der Waals surface area contributed by atoms with Gasteiger partial charge in [-0.25, -0.2) is 4.39 Å². The van der Waals surface area contributed by atoms with Crippen molar-refractivity contribution >= 4 is 17.9 Å². The van der Waals surface area contributed by atoms with Crippen LogP contribution in [0.25, 0.3) is 10.8 Å². The number of fused-ring (bicyclic) bond motifs is 1. The Bertz CT molecular complexity index is 718. The first kappa shape index (κ1) is 19.3. The summed E-state index contributed by atoms with van der Waals surface area (Å²) in [6, 6.07) is 11.5. The van der Waals surface area contributed by atoms with Crippen LogP contribution in [0.1, 0.15) is 44.1 Å². The zero-order valence-electron chi connectivity index (χ0n) is 15.3. The minimum Gasteiger partial charge on any atom is -0.427 e. The van der Waals surface area contributed by atoms with Crippen LogP contribution in [0.5, 0.6) is 0 Å². The van der Waals surface area contributed by atoms with Crippen molar-refractivity contribution in [3.63, 3.8) is 0 Å². The van der Waals surface area contributed by atoms with Gasteiger partial charge in [0.05, 0.1) is 0 Å². The Morgan fingerprint density at radius 3 is 2.54 bits per heavy atom. The molecule has 0 aromatic heterocycles. The van der Waals surface area contributed by atoms with Gasteiger partial charge in [0.1, 0.15) is 5.82 Å². The maximum absolute atomic E-state index is 13.9. The molecule has 5 heteroatoms. The molecular weight excluding hydrogens is 328 g/mol. The quantitative estimate of drug-likeness (QED) is 0.471. The van der Waals surface area contributed by atoms with Crippen molar-refractivity contribution in [2.24, 2.45) is 17.6 Å². The Hall–Kier alpha value is -1.43. The van der Waals surface area contributed by atoms with E-state index >= 15 is 0 Å². The first-order valence-electron chi connectivity index (χ1n) is 9.82. The molecule has 3 rings (SSSR count). The Balaban J connectivity index is 1.42. The molecule has 140 valence electrons. The van der Waals surface area contributed by atoms with E-state index in [0.29, 0.717) is 23.5 Å². The second-order valence-corrected chi connectivity index (χ2v) is 7.82. The van der Waals surface area contributed by atoms with Gasteiger partial charge in [-0.15, -0.1) is 0 Å². The number of nitrogens with two attached hydrogens (primary N) is 1. The van der Waals surface area contributed by atoms with Gasteiger partial charge in [0.2, 0.25) is 0 Å². The van der Waals surface area contributed by atoms with Gasteiger partial charge >= 0.3 is 7.12 Å². The highest BCUT2D eigenvalue weighted by molar-refractivity contribution is 6.40. The molecule has 0 heterocycles. The van der Waals surface area contributed by atoms with Crippen molar-refractivity contribution in [3.05, 3.63) is 47.8 Å². The number of unbranched alkanes of at least 4 members (excludes halogenated alkanes) is 1. The number of rotatable bonds is 9. The van der Waals surface area contributed by atoms with Crippen LogP contribution in [0.15, 0.2) is 36.4 Å². The Morgan fingerprint density at radius 1 is 1.08 bits per heavy atom. The average Bonchev–Trinajstić information content (AvgIpc) is 2.59. The van der Waals surface area contributed by atoms with Crippen LogP contribution >= 0.6 is 0 Å². The molecule has 0 aliphatic heterocycles. The van der Waals surface area contributed by atoms with Gasteiger partial charge in [0, 0.05) is 11.4 Å². The summed E-state index contributed by atoms with van der Waals surface area (Å²) in [5.41, 5.74) is 7.52. The molecule has 0 amide bonds. The molecule has 26 heavy (non-hydrogen) atoms. The SMILES string of the molecule is NC(CCCCB(O)O)C1CC(CCc2ccc(F)c3ccccc23)C1. The first-order valence-corrected chi connectivity index (χ1v) is 9.82. The zero-order valence-corrected chi connectivity index (χ0v) is 15.3. The topological polar surface area (TPSA) is 66.5 Å². The first-order chi connectivity index (χ1) is 12.5. The summed E-state index contributed by atoms with van der Waals surface area (Å²) in [6.45, 7) is 0. The molecule has 1 saturated carbocycles. The summed E-state index contributed by atoms with van der Waals surface area (Å²) in [4.78, 5) is 0. The fraction of sp³-hybridized carbons (Fsp3) is 0.524. The molecular formula is C21H29BFNO2. The third-order valence-electron chi connectivity index (χ3n) is 5.91. The number of halogens is 1. The molecule has 2 aromatic carbocycles. The minimum absolute atomic E-state index is 0.146. The zero-order chi connectivity index (χ0) is 18.5. The molecule has 0 saturated heterocycles. The maximum atomic E-state index is 13.9. The maximum Gasteiger partial charge on any atom is 0.451 e. The smallest absolute Gasteiger partial charge is 0.427 e. The van der Waals surface area contributed by atoms with Gasteiger partial charge in [-0.3, -0.25) is 0 Å². The van der Waals surface area contributed by atoms with Crippen molar-refractivity contribution in [1.82, 2.24) is 0 Å². The highest BCUT2D eigenvalue weighted by Gasteiger charge is 2.32. The van der Waals surface area contributed by atoms with Gasteiger partial charge < -0.3 is 15.8 Å². The van der Waals surface area contributed by atoms with Gasteiger partial charge in [-0.1, -0.05) is 43.2 Å². The molecule has 1 atom stereocenters. The predicted octanol–water partition coefficient (Wildman–Crippen LogP) is 3.91. The van der Waals surface area contributed by atoms with Crippen LogP contribution in [0.4, 0.5) is 4.39 Å². The van der Waals surface area contributed by atoms with Crippen molar-refractivity contribution in [2.45, 2.75) is 57.3 Å². The highest BCUT2D eigenvalue weighted by Crippen LogP contribution is 2.40. The normalized spacial score (nSPS) is 20.8. The minimum atomic E-state index is -1.19. The van der Waals surface area contributed by atoms with E-state index in [1.165, 1.54) is 18.4 Å². The van der Waals surface area contributed by atoms with Gasteiger partial charge in [0.25, 0.3) is 0 Å². The van der Waals surface area contributed by atoms with Crippen LogP contribution in [0.2, 0.25) is 6.32 Å². The van der Waals surface area contributed by atoms with Crippen LogP contribution in [-0.4, -0.2) is 23.2 Å². The number of benzene rings is 2. The second-order valence-electron chi connectivity index (χ2n) is 7.82. The monoisotopic (exact) mass is 357 g/mol. The summed E-state index contributed by atoms with van der Waals surface area (Å²) >= 11 is 0. The molecule has 0 spiro atoms.